The van der Waals surface area contributed by atoms with Gasteiger partial charge in [-0.15, -0.1) is 0 Å². The van der Waals surface area contributed by atoms with Crippen molar-refractivity contribution in [1.29, 1.82) is 0 Å². The van der Waals surface area contributed by atoms with Gasteiger partial charge in [-0.3, -0.25) is 14.5 Å². The monoisotopic (exact) mass is 461 g/mol. The van der Waals surface area contributed by atoms with Gasteiger partial charge in [0.1, 0.15) is 5.69 Å². The predicted octanol–water partition coefficient (Wildman–Crippen LogP) is 4.34. The molecule has 4 rings (SSSR count). The van der Waals surface area contributed by atoms with Crippen LogP contribution in [0.25, 0.3) is 16.9 Å². The van der Waals surface area contributed by atoms with Crippen molar-refractivity contribution in [2.75, 3.05) is 15.8 Å². The number of para-hydroxylation sites is 1. The van der Waals surface area contributed by atoms with E-state index in [1.807, 2.05) is 36.4 Å². The molecule has 0 aliphatic rings. The van der Waals surface area contributed by atoms with E-state index in [0.29, 0.717) is 29.1 Å². The molecule has 0 saturated heterocycles. The second-order valence-electron chi connectivity index (χ2n) is 7.37. The highest BCUT2D eigenvalue weighted by Gasteiger charge is 2.19. The molecule has 0 fully saturated rings. The molecule has 0 saturated carbocycles. The highest BCUT2D eigenvalue weighted by atomic mass is 32.2. The maximum Gasteiger partial charge on any atom is 0.259 e. The summed E-state index contributed by atoms with van der Waals surface area (Å²) in [4.78, 5) is 17.3. The van der Waals surface area contributed by atoms with Crippen molar-refractivity contribution < 1.29 is 13.2 Å². The maximum atomic E-state index is 13.2. The summed E-state index contributed by atoms with van der Waals surface area (Å²) >= 11 is 0. The van der Waals surface area contributed by atoms with Crippen molar-refractivity contribution in [2.45, 2.75) is 13.3 Å². The van der Waals surface area contributed by atoms with E-state index in [1.54, 1.807) is 60.5 Å². The molecule has 0 bridgehead atoms. The molecule has 2 N–H and O–H groups in total. The van der Waals surface area contributed by atoms with E-state index in [1.165, 1.54) is 0 Å². The molecule has 168 valence electrons. The van der Waals surface area contributed by atoms with E-state index in [0.717, 1.165) is 11.3 Å². The van der Waals surface area contributed by atoms with Crippen LogP contribution in [0.1, 0.15) is 23.7 Å². The summed E-state index contributed by atoms with van der Waals surface area (Å²) in [5.74, 6) is -0.288. The van der Waals surface area contributed by atoms with E-state index in [2.05, 4.69) is 20.1 Å². The quantitative estimate of drug-likeness (QED) is 0.406. The Bertz CT molecular complexity index is 1340. The Labute approximate surface area is 192 Å². The highest BCUT2D eigenvalue weighted by Crippen LogP contribution is 2.24. The predicted molar refractivity (Wildman–Crippen MR) is 129 cm³/mol. The van der Waals surface area contributed by atoms with Crippen LogP contribution in [0.4, 0.5) is 11.4 Å². The standard InChI is InChI=1S/C24H23N5O3S/c1-2-15-33(31,32)28-20-12-10-19(11-13-20)26-24(30)22-17-29(21-8-4-3-5-9-21)27-23(22)18-7-6-14-25-16-18/h3-14,16-17,28H,2,15H2,1H3,(H,26,30). The van der Waals surface area contributed by atoms with Gasteiger partial charge < -0.3 is 5.32 Å². The van der Waals surface area contributed by atoms with Crippen LogP contribution in [-0.2, 0) is 10.0 Å². The Balaban J connectivity index is 1.59. The Morgan fingerprint density at radius 3 is 2.36 bits per heavy atom. The number of benzene rings is 2. The molecule has 9 heteroatoms. The molecule has 0 atom stereocenters. The van der Waals surface area contributed by atoms with Crippen molar-refractivity contribution in [3.05, 3.63) is 90.9 Å². The highest BCUT2D eigenvalue weighted by molar-refractivity contribution is 7.92. The number of anilines is 2. The number of carbonyl (C=O) groups is 1. The number of carbonyl (C=O) groups excluding carboxylic acids is 1. The van der Waals surface area contributed by atoms with Crippen LogP contribution in [0, 0.1) is 0 Å². The molecule has 2 aromatic heterocycles. The minimum atomic E-state index is -3.38. The van der Waals surface area contributed by atoms with Crippen LogP contribution in [0.15, 0.2) is 85.3 Å². The van der Waals surface area contributed by atoms with Crippen LogP contribution < -0.4 is 10.0 Å². The van der Waals surface area contributed by atoms with Gasteiger partial charge in [0.05, 0.1) is 17.0 Å². The lowest BCUT2D eigenvalue weighted by Gasteiger charge is -2.09. The van der Waals surface area contributed by atoms with Crippen molar-refractivity contribution >= 4 is 27.3 Å². The number of hydrogen-bond acceptors (Lipinski definition) is 5. The number of nitrogens with zero attached hydrogens (tertiary/aromatic N) is 3. The fraction of sp³-hybridized carbons (Fsp3) is 0.125. The van der Waals surface area contributed by atoms with E-state index in [-0.39, 0.29) is 11.7 Å². The van der Waals surface area contributed by atoms with E-state index >= 15 is 0 Å². The van der Waals surface area contributed by atoms with Gasteiger partial charge in [-0.2, -0.15) is 5.10 Å². The molecule has 0 spiro atoms. The fourth-order valence-electron chi connectivity index (χ4n) is 3.29. The van der Waals surface area contributed by atoms with Gasteiger partial charge in [0, 0.05) is 35.5 Å². The summed E-state index contributed by atoms with van der Waals surface area (Å²) in [6.07, 6.45) is 5.53. The number of nitrogens with one attached hydrogen (secondary N) is 2. The first-order chi connectivity index (χ1) is 15.9. The average Bonchev–Trinajstić information content (AvgIpc) is 3.27. The van der Waals surface area contributed by atoms with Crippen LogP contribution in [0.2, 0.25) is 0 Å². The molecule has 4 aromatic rings. The van der Waals surface area contributed by atoms with Crippen LogP contribution in [0.5, 0.6) is 0 Å². The van der Waals surface area contributed by atoms with Crippen LogP contribution >= 0.6 is 0 Å². The first-order valence-corrected chi connectivity index (χ1v) is 12.1. The Morgan fingerprint density at radius 2 is 1.70 bits per heavy atom. The molecule has 8 nitrogen and oxygen atoms in total. The number of sulfonamides is 1. The first kappa shape index (κ1) is 22.2. The SMILES string of the molecule is CCCS(=O)(=O)Nc1ccc(NC(=O)c2cn(-c3ccccc3)nc2-c2cccnc2)cc1. The number of aromatic nitrogens is 3. The van der Waals surface area contributed by atoms with Crippen molar-refractivity contribution in [2.24, 2.45) is 0 Å². The van der Waals surface area contributed by atoms with E-state index < -0.39 is 10.0 Å². The van der Waals surface area contributed by atoms with E-state index in [9.17, 15) is 13.2 Å². The number of pyridine rings is 1. The summed E-state index contributed by atoms with van der Waals surface area (Å²) in [6, 6.07) is 19.7. The molecule has 0 radical (unpaired) electrons. The average molecular weight is 462 g/mol. The van der Waals surface area contributed by atoms with Gasteiger partial charge in [-0.05, 0) is 55.0 Å². The summed E-state index contributed by atoms with van der Waals surface area (Å²) in [5, 5.41) is 7.48. The third-order valence-corrected chi connectivity index (χ3v) is 6.30. The zero-order chi connectivity index (χ0) is 23.3. The number of hydrogen-bond donors (Lipinski definition) is 2. The summed E-state index contributed by atoms with van der Waals surface area (Å²) < 4.78 is 28.1. The smallest absolute Gasteiger partial charge is 0.259 e. The minimum Gasteiger partial charge on any atom is -0.322 e. The minimum absolute atomic E-state index is 0.0496. The molecular formula is C24H23N5O3S. The maximum absolute atomic E-state index is 13.2. The van der Waals surface area contributed by atoms with Crippen LogP contribution in [-0.4, -0.2) is 34.8 Å². The Kier molecular flexibility index (Phi) is 6.50. The Hall–Kier alpha value is -3.98. The van der Waals surface area contributed by atoms with Crippen molar-refractivity contribution in [3.8, 4) is 16.9 Å². The summed E-state index contributed by atoms with van der Waals surface area (Å²) in [6.45, 7) is 1.80. The molecule has 2 heterocycles. The molecule has 0 aliphatic carbocycles. The first-order valence-electron chi connectivity index (χ1n) is 10.4. The topological polar surface area (TPSA) is 106 Å². The molecule has 2 aromatic carbocycles. The molecule has 33 heavy (non-hydrogen) atoms. The number of rotatable bonds is 8. The van der Waals surface area contributed by atoms with Gasteiger partial charge in [0.2, 0.25) is 10.0 Å². The van der Waals surface area contributed by atoms with Crippen molar-refractivity contribution in [1.82, 2.24) is 14.8 Å². The Morgan fingerprint density at radius 1 is 0.970 bits per heavy atom. The van der Waals surface area contributed by atoms with Gasteiger partial charge in [0.25, 0.3) is 5.91 Å². The molecule has 1 amide bonds. The molecule has 0 unspecified atom stereocenters. The second-order valence-corrected chi connectivity index (χ2v) is 9.21. The van der Waals surface area contributed by atoms with E-state index in [4.69, 9.17) is 0 Å². The van der Waals surface area contributed by atoms with Gasteiger partial charge in [0.15, 0.2) is 0 Å². The largest absolute Gasteiger partial charge is 0.322 e. The third kappa shape index (κ3) is 5.45. The number of amides is 1. The zero-order valence-corrected chi connectivity index (χ0v) is 18.8. The zero-order valence-electron chi connectivity index (χ0n) is 18.0. The third-order valence-electron chi connectivity index (χ3n) is 4.80. The normalized spacial score (nSPS) is 11.2. The van der Waals surface area contributed by atoms with Gasteiger partial charge in [-0.25, -0.2) is 13.1 Å². The van der Waals surface area contributed by atoms with Crippen molar-refractivity contribution in [3.63, 3.8) is 0 Å². The summed E-state index contributed by atoms with van der Waals surface area (Å²) in [5.41, 5.74) is 3.41. The lowest BCUT2D eigenvalue weighted by Crippen LogP contribution is -2.16. The summed E-state index contributed by atoms with van der Waals surface area (Å²) in [7, 11) is -3.38. The van der Waals surface area contributed by atoms with Gasteiger partial charge >= 0.3 is 0 Å². The molecular weight excluding hydrogens is 438 g/mol. The van der Waals surface area contributed by atoms with Gasteiger partial charge in [-0.1, -0.05) is 25.1 Å². The van der Waals surface area contributed by atoms with Crippen LogP contribution in [0.3, 0.4) is 0 Å². The lowest BCUT2D eigenvalue weighted by molar-refractivity contribution is 0.102. The fourth-order valence-corrected chi connectivity index (χ4v) is 4.42. The second kappa shape index (κ2) is 9.66. The lowest BCUT2D eigenvalue weighted by atomic mass is 10.1. The molecule has 0 aliphatic heterocycles.